The van der Waals surface area contributed by atoms with Crippen LogP contribution in [0.1, 0.15) is 0 Å². The first-order valence-corrected chi connectivity index (χ1v) is 8.62. The molecule has 1 aromatic heterocycles. The molecule has 0 aliphatic carbocycles. The van der Waals surface area contributed by atoms with Gasteiger partial charge in [0.05, 0.1) is 5.52 Å². The Morgan fingerprint density at radius 2 is 1.04 bits per heavy atom. The van der Waals surface area contributed by atoms with Gasteiger partial charge in [-0.1, -0.05) is 91.0 Å². The molecule has 4 aromatic carbocycles. The molecule has 0 atom stereocenters. The smallest absolute Gasteiger partial charge is 0.139 e. The lowest BCUT2D eigenvalue weighted by atomic mass is 10.1. The minimum Gasteiger partial charge on any atom is -0.506 e. The van der Waals surface area contributed by atoms with Crippen LogP contribution in [0.2, 0.25) is 0 Å². The van der Waals surface area contributed by atoms with Gasteiger partial charge in [0.2, 0.25) is 0 Å². The summed E-state index contributed by atoms with van der Waals surface area (Å²) in [5.41, 5.74) is 4.42. The number of benzene rings is 4. The number of para-hydroxylation sites is 2. The normalized spacial score (nSPS) is 10.5. The largest absolute Gasteiger partial charge is 0.506 e. The number of fused-ring (bicyclic) bond motifs is 3. The Hall–Kier alpha value is -3.52. The highest BCUT2D eigenvalue weighted by atomic mass is 16.3. The third-order valence-electron chi connectivity index (χ3n) is 4.40. The standard InChI is InChI=1S/C12H9NO.C12H10/c14-11-7-3-5-9-8-4-1-2-6-10(8)13-12(9)11;1-3-7-11(8-4-1)12-9-5-2-6-10-12/h1-7,13-14H;1-10H. The summed E-state index contributed by atoms with van der Waals surface area (Å²) >= 11 is 0. The number of hydrogen-bond acceptors (Lipinski definition) is 1. The zero-order chi connectivity index (χ0) is 17.8. The monoisotopic (exact) mass is 337 g/mol. The van der Waals surface area contributed by atoms with Crippen molar-refractivity contribution in [1.82, 2.24) is 4.98 Å². The lowest BCUT2D eigenvalue weighted by molar-refractivity contribution is 0.480. The fourth-order valence-electron chi connectivity index (χ4n) is 3.12. The number of rotatable bonds is 1. The molecule has 0 amide bonds. The second-order valence-corrected chi connectivity index (χ2v) is 6.10. The highest BCUT2D eigenvalue weighted by molar-refractivity contribution is 6.08. The summed E-state index contributed by atoms with van der Waals surface area (Å²) in [4.78, 5) is 3.20. The van der Waals surface area contributed by atoms with E-state index in [0.29, 0.717) is 5.75 Å². The molecule has 26 heavy (non-hydrogen) atoms. The molecule has 0 saturated heterocycles. The summed E-state index contributed by atoms with van der Waals surface area (Å²) in [5.74, 6) is 0.304. The first kappa shape index (κ1) is 16.0. The van der Waals surface area contributed by atoms with Gasteiger partial charge in [-0.2, -0.15) is 0 Å². The molecule has 5 rings (SSSR count). The second kappa shape index (κ2) is 7.16. The van der Waals surface area contributed by atoms with Gasteiger partial charge in [-0.15, -0.1) is 0 Å². The van der Waals surface area contributed by atoms with Gasteiger partial charge in [-0.05, 0) is 23.3 Å². The van der Waals surface area contributed by atoms with Gasteiger partial charge in [0, 0.05) is 16.3 Å². The van der Waals surface area contributed by atoms with E-state index in [1.54, 1.807) is 6.07 Å². The molecule has 2 N–H and O–H groups in total. The Kier molecular flexibility index (Phi) is 4.40. The number of nitrogens with one attached hydrogen (secondary N) is 1. The van der Waals surface area contributed by atoms with Crippen LogP contribution in [0.5, 0.6) is 5.75 Å². The number of aromatic nitrogens is 1. The maximum Gasteiger partial charge on any atom is 0.139 e. The van der Waals surface area contributed by atoms with E-state index < -0.39 is 0 Å². The minimum absolute atomic E-state index is 0.304. The van der Waals surface area contributed by atoms with Crippen molar-refractivity contribution in [1.29, 1.82) is 0 Å². The molecule has 0 fully saturated rings. The van der Waals surface area contributed by atoms with E-state index in [0.717, 1.165) is 21.8 Å². The minimum atomic E-state index is 0.304. The van der Waals surface area contributed by atoms with E-state index in [9.17, 15) is 5.11 Å². The molecule has 0 unspecified atom stereocenters. The summed E-state index contributed by atoms with van der Waals surface area (Å²) in [5, 5.41) is 11.9. The molecular weight excluding hydrogens is 318 g/mol. The van der Waals surface area contributed by atoms with Gasteiger partial charge in [-0.3, -0.25) is 0 Å². The van der Waals surface area contributed by atoms with Crippen molar-refractivity contribution in [2.24, 2.45) is 0 Å². The molecule has 2 nitrogen and oxygen atoms in total. The zero-order valence-corrected chi connectivity index (χ0v) is 14.3. The summed E-state index contributed by atoms with van der Waals surface area (Å²) in [6, 6.07) is 34.4. The molecule has 126 valence electrons. The average Bonchev–Trinajstić information content (AvgIpc) is 3.10. The van der Waals surface area contributed by atoms with Crippen molar-refractivity contribution in [3.63, 3.8) is 0 Å². The maximum atomic E-state index is 9.64. The number of phenolic OH excluding ortho intramolecular Hbond substituents is 1. The molecular formula is C24H19NO. The van der Waals surface area contributed by atoms with E-state index >= 15 is 0 Å². The fraction of sp³-hybridized carbons (Fsp3) is 0. The molecule has 0 aliphatic rings. The highest BCUT2D eigenvalue weighted by Gasteiger charge is 2.05. The van der Waals surface area contributed by atoms with Crippen LogP contribution in [-0.2, 0) is 0 Å². The Bertz CT molecular complexity index is 1090. The SMILES string of the molecule is Oc1cccc2c1[nH]c1ccccc12.c1ccc(-c2ccccc2)cc1. The van der Waals surface area contributed by atoms with E-state index in [-0.39, 0.29) is 0 Å². The number of aromatic amines is 1. The fourth-order valence-corrected chi connectivity index (χ4v) is 3.12. The molecule has 5 aromatic rings. The molecule has 2 heteroatoms. The number of aromatic hydroxyl groups is 1. The van der Waals surface area contributed by atoms with Gasteiger partial charge in [0.25, 0.3) is 0 Å². The van der Waals surface area contributed by atoms with Gasteiger partial charge >= 0.3 is 0 Å². The summed E-state index contributed by atoms with van der Waals surface area (Å²) < 4.78 is 0. The predicted octanol–water partition coefficient (Wildman–Crippen LogP) is 6.38. The Balaban J connectivity index is 0.000000131. The van der Waals surface area contributed by atoms with Crippen LogP contribution in [-0.4, -0.2) is 10.1 Å². The molecule has 0 saturated carbocycles. The van der Waals surface area contributed by atoms with Crippen LogP contribution in [0.25, 0.3) is 32.9 Å². The number of H-pyrrole nitrogens is 1. The van der Waals surface area contributed by atoms with Crippen molar-refractivity contribution in [2.75, 3.05) is 0 Å². The van der Waals surface area contributed by atoms with Gasteiger partial charge in [-0.25, -0.2) is 0 Å². The van der Waals surface area contributed by atoms with E-state index in [2.05, 4.69) is 53.5 Å². The predicted molar refractivity (Wildman–Crippen MR) is 109 cm³/mol. The molecule has 0 bridgehead atoms. The lowest BCUT2D eigenvalue weighted by Gasteiger charge is -1.98. The lowest BCUT2D eigenvalue weighted by Crippen LogP contribution is -1.73. The highest BCUT2D eigenvalue weighted by Crippen LogP contribution is 2.30. The first-order valence-electron chi connectivity index (χ1n) is 8.62. The summed E-state index contributed by atoms with van der Waals surface area (Å²) in [6.07, 6.45) is 0. The van der Waals surface area contributed by atoms with Crippen molar-refractivity contribution >= 4 is 21.8 Å². The Morgan fingerprint density at radius 3 is 1.69 bits per heavy atom. The molecule has 0 aliphatic heterocycles. The van der Waals surface area contributed by atoms with Gasteiger partial charge < -0.3 is 10.1 Å². The summed E-state index contributed by atoms with van der Waals surface area (Å²) in [6.45, 7) is 0. The van der Waals surface area contributed by atoms with Crippen molar-refractivity contribution < 1.29 is 5.11 Å². The van der Waals surface area contributed by atoms with Crippen molar-refractivity contribution in [3.05, 3.63) is 103 Å². The third-order valence-corrected chi connectivity index (χ3v) is 4.40. The molecule has 1 heterocycles. The van der Waals surface area contributed by atoms with Crippen molar-refractivity contribution in [2.45, 2.75) is 0 Å². The Labute approximate surface area is 152 Å². The van der Waals surface area contributed by atoms with Crippen LogP contribution >= 0.6 is 0 Å². The number of hydrogen-bond donors (Lipinski definition) is 2. The van der Waals surface area contributed by atoms with Crippen molar-refractivity contribution in [3.8, 4) is 16.9 Å². The Morgan fingerprint density at radius 1 is 0.500 bits per heavy atom. The van der Waals surface area contributed by atoms with Gasteiger partial charge in [0.15, 0.2) is 0 Å². The van der Waals surface area contributed by atoms with Crippen LogP contribution in [0, 0.1) is 0 Å². The second-order valence-electron chi connectivity index (χ2n) is 6.10. The third kappa shape index (κ3) is 3.17. The van der Waals surface area contributed by atoms with Crippen LogP contribution in [0.3, 0.4) is 0 Å². The molecule has 0 spiro atoms. The first-order chi connectivity index (χ1) is 12.8. The maximum absolute atomic E-state index is 9.64. The number of phenols is 1. The molecule has 0 radical (unpaired) electrons. The van der Waals surface area contributed by atoms with E-state index in [1.165, 1.54) is 11.1 Å². The van der Waals surface area contributed by atoms with Crippen LogP contribution in [0.4, 0.5) is 0 Å². The van der Waals surface area contributed by atoms with E-state index in [1.807, 2.05) is 48.5 Å². The average molecular weight is 337 g/mol. The van der Waals surface area contributed by atoms with Crippen LogP contribution in [0.15, 0.2) is 103 Å². The van der Waals surface area contributed by atoms with Gasteiger partial charge in [0.1, 0.15) is 5.75 Å². The summed E-state index contributed by atoms with van der Waals surface area (Å²) in [7, 11) is 0. The quantitative estimate of drug-likeness (QED) is 0.366. The van der Waals surface area contributed by atoms with Crippen LogP contribution < -0.4 is 0 Å². The zero-order valence-electron chi connectivity index (χ0n) is 14.3. The van der Waals surface area contributed by atoms with E-state index in [4.69, 9.17) is 0 Å². The topological polar surface area (TPSA) is 36.0 Å².